The summed E-state index contributed by atoms with van der Waals surface area (Å²) in [7, 11) is -4.40. The maximum absolute atomic E-state index is 11.6. The molecule has 4 heterocycles. The van der Waals surface area contributed by atoms with Crippen LogP contribution in [0.3, 0.4) is 0 Å². The molecule has 0 saturated heterocycles. The summed E-state index contributed by atoms with van der Waals surface area (Å²) in [5, 5.41) is 18.0. The van der Waals surface area contributed by atoms with Gasteiger partial charge in [-0.05, 0) is 83.8 Å². The molecule has 2 aliphatic rings. The third-order valence-corrected chi connectivity index (χ3v) is 12.4. The first-order chi connectivity index (χ1) is 24.4. The molecule has 2 aromatic heterocycles. The molecule has 0 unspecified atom stereocenters. The Morgan fingerprint density at radius 1 is 0.865 bits per heavy atom. The summed E-state index contributed by atoms with van der Waals surface area (Å²) in [6.07, 6.45) is 14.0. The van der Waals surface area contributed by atoms with E-state index in [0.29, 0.717) is 12.3 Å². The third-order valence-electron chi connectivity index (χ3n) is 9.39. The molecule has 0 amide bonds. The van der Waals surface area contributed by atoms with E-state index >= 15 is 0 Å². The smallest absolute Gasteiger partial charge is 0.748 e. The van der Waals surface area contributed by atoms with Crippen LogP contribution in [-0.4, -0.2) is 47.9 Å². The van der Waals surface area contributed by atoms with E-state index < -0.39 is 21.3 Å². The summed E-state index contributed by atoms with van der Waals surface area (Å²) in [6, 6.07) is 21.1. The number of rotatable bonds is 14. The van der Waals surface area contributed by atoms with Crippen LogP contribution in [0.2, 0.25) is 0 Å². The van der Waals surface area contributed by atoms with Gasteiger partial charge < -0.3 is 14.7 Å². The first kappa shape index (κ1) is 41.2. The van der Waals surface area contributed by atoms with Gasteiger partial charge in [0.2, 0.25) is 5.69 Å². The van der Waals surface area contributed by atoms with Gasteiger partial charge >= 0.3 is 51.4 Å². The fourth-order valence-electron chi connectivity index (χ4n) is 6.90. The van der Waals surface area contributed by atoms with Crippen LogP contribution in [0.25, 0.3) is 20.9 Å². The number of hydrogen-bond donors (Lipinski definition) is 0. The number of benzene rings is 2. The van der Waals surface area contributed by atoms with Crippen molar-refractivity contribution in [1.82, 2.24) is 0 Å². The van der Waals surface area contributed by atoms with Crippen molar-refractivity contribution < 1.29 is 83.6 Å². The minimum Gasteiger partial charge on any atom is -0.748 e. The number of hydrogen-bond acceptors (Lipinski definition) is 10. The Hall–Kier alpha value is -1.95. The zero-order chi connectivity index (χ0) is 36.2. The zero-order valence-corrected chi connectivity index (χ0v) is 36.2. The molecule has 2 aliphatic heterocycles. The summed E-state index contributed by atoms with van der Waals surface area (Å²) in [6.45, 7) is 9.39. The van der Waals surface area contributed by atoms with E-state index in [1.54, 1.807) is 22.7 Å². The third kappa shape index (κ3) is 9.11. The summed E-state index contributed by atoms with van der Waals surface area (Å²) in [4.78, 5) is 4.64. The van der Waals surface area contributed by atoms with Crippen molar-refractivity contribution in [2.24, 2.45) is 0 Å². The van der Waals surface area contributed by atoms with Crippen LogP contribution in [0.5, 0.6) is 0 Å². The van der Waals surface area contributed by atoms with Gasteiger partial charge in [-0.2, -0.15) is 8.91 Å². The molecular weight excluding hydrogens is 760 g/mol. The number of fused-ring (bicyclic) bond motifs is 2. The predicted molar refractivity (Wildman–Crippen MR) is 207 cm³/mol. The van der Waals surface area contributed by atoms with Crippen molar-refractivity contribution >= 4 is 61.9 Å². The Morgan fingerprint density at radius 2 is 1.50 bits per heavy atom. The molecule has 8 nitrogen and oxygen atoms in total. The summed E-state index contributed by atoms with van der Waals surface area (Å²) in [5.41, 5.74) is 7.99. The maximum atomic E-state index is 11.6. The molecule has 4 aromatic rings. The largest absolute Gasteiger partial charge is 1.00 e. The molecule has 266 valence electrons. The van der Waals surface area contributed by atoms with Gasteiger partial charge in [0.1, 0.15) is 10.1 Å². The van der Waals surface area contributed by atoms with Gasteiger partial charge in [0, 0.05) is 68.6 Å². The average molecular weight is 799 g/mol. The standard InChI is InChI=1S/C39H40N2O6S4.K/c1-38(2)30-26-28(34-12-10-22-48-34)16-18-32(30)40(20-24-50-47-46-42)36(38)14-8-6-5-7-9-15-37-39(3,4)31-27-29(35-13-11-23-49-35)17-19-33(31)41(37)21-25-51(43,44)45;/h5-19,22-23,26-27H,20-21,24-25H2,1-4H3,(H-,42,43,44,45);/q;+1/p-1. The molecule has 0 spiro atoms. The van der Waals surface area contributed by atoms with Crippen LogP contribution in [0, 0.1) is 0 Å². The molecule has 0 N–H and O–H groups in total. The maximum Gasteiger partial charge on any atom is 1.00 e. The van der Waals surface area contributed by atoms with Crippen molar-refractivity contribution in [2.45, 2.75) is 38.5 Å². The molecule has 0 bridgehead atoms. The monoisotopic (exact) mass is 798 g/mol. The normalized spacial score (nSPS) is 17.2. The van der Waals surface area contributed by atoms with Gasteiger partial charge in [0.05, 0.1) is 11.2 Å². The van der Waals surface area contributed by atoms with E-state index in [1.807, 2.05) is 64.6 Å². The summed E-state index contributed by atoms with van der Waals surface area (Å²) in [5.74, 6) is 0.0485. The van der Waals surface area contributed by atoms with Crippen LogP contribution in [-0.2, 0) is 30.3 Å². The van der Waals surface area contributed by atoms with Gasteiger partial charge in [-0.25, -0.2) is 8.42 Å². The minimum atomic E-state index is -4.40. The fraction of sp³-hybridized carbons (Fsp3) is 0.256. The predicted octanol–water partition coefficient (Wildman–Crippen LogP) is 5.29. The number of nitrogens with zero attached hydrogens (tertiary/aromatic N) is 2. The van der Waals surface area contributed by atoms with Crippen LogP contribution in [0.4, 0.5) is 11.4 Å². The zero-order valence-electron chi connectivity index (χ0n) is 29.8. The van der Waals surface area contributed by atoms with E-state index in [1.165, 1.54) is 16.0 Å². The van der Waals surface area contributed by atoms with Crippen molar-refractivity contribution in [2.75, 3.05) is 29.5 Å². The fourth-order valence-corrected chi connectivity index (χ4v) is 9.11. The summed E-state index contributed by atoms with van der Waals surface area (Å²) >= 11 is 4.37. The van der Waals surface area contributed by atoms with E-state index in [0.717, 1.165) is 50.8 Å². The van der Waals surface area contributed by atoms with Gasteiger partial charge in [-0.3, -0.25) is 5.04 Å². The molecule has 2 aromatic carbocycles. The van der Waals surface area contributed by atoms with E-state index in [4.69, 9.17) is 0 Å². The molecule has 13 heteroatoms. The van der Waals surface area contributed by atoms with Gasteiger partial charge in [0.25, 0.3) is 0 Å². The van der Waals surface area contributed by atoms with Crippen molar-refractivity contribution in [3.63, 3.8) is 0 Å². The molecule has 0 aliphatic carbocycles. The Labute approximate surface area is 361 Å². The van der Waals surface area contributed by atoms with Crippen molar-refractivity contribution in [1.29, 1.82) is 0 Å². The number of allylic oxidation sites excluding steroid dienone is 8. The quantitative estimate of drug-likeness (QED) is 0.0248. The first-order valence-corrected chi connectivity index (χ1v) is 20.7. The van der Waals surface area contributed by atoms with Gasteiger partial charge in [0.15, 0.2) is 12.3 Å². The van der Waals surface area contributed by atoms with Crippen LogP contribution >= 0.6 is 34.7 Å². The van der Waals surface area contributed by atoms with Gasteiger partial charge in [-0.1, -0.05) is 62.4 Å². The molecular formula is C39H39KN2O6S4. The second-order valence-corrected chi connectivity index (χ2v) is 17.5. The van der Waals surface area contributed by atoms with E-state index in [2.05, 4.69) is 95.9 Å². The van der Waals surface area contributed by atoms with Crippen LogP contribution in [0.1, 0.15) is 38.8 Å². The number of thiophene rings is 2. The second-order valence-electron chi connectivity index (χ2n) is 13.3. The Balaban J connectivity index is 0.00000523. The Morgan fingerprint density at radius 3 is 2.13 bits per heavy atom. The molecule has 0 radical (unpaired) electrons. The molecule has 52 heavy (non-hydrogen) atoms. The topological polar surface area (TPSA) is 105 Å². The Bertz CT molecular complexity index is 2130. The SMILES string of the molecule is CC1(C)C(/C=C/C=C/C=C/C=C2/N(CCSOO[O-])c3ccc(-c4cccs4)cc3C2(C)C)=[N+](CCS(=O)(=O)[O-])c2ccc(-c3cccs3)cc21.[K+]. The van der Waals surface area contributed by atoms with E-state index in [9.17, 15) is 18.2 Å². The average Bonchev–Trinajstić information content (AvgIpc) is 3.89. The second kappa shape index (κ2) is 17.7. The van der Waals surface area contributed by atoms with Crippen LogP contribution < -0.4 is 61.5 Å². The Kier molecular flexibility index (Phi) is 14.0. The summed E-state index contributed by atoms with van der Waals surface area (Å²) < 4.78 is 41.4. The molecule has 0 fully saturated rings. The van der Waals surface area contributed by atoms with Gasteiger partial charge in [-0.15, -0.1) is 22.7 Å². The van der Waals surface area contributed by atoms with E-state index in [-0.39, 0.29) is 63.3 Å². The molecule has 0 atom stereocenters. The van der Waals surface area contributed by atoms with Crippen molar-refractivity contribution in [3.8, 4) is 20.9 Å². The minimum absolute atomic E-state index is 0. The molecule has 6 rings (SSSR count). The van der Waals surface area contributed by atoms with Crippen LogP contribution in [0.15, 0.2) is 120 Å². The van der Waals surface area contributed by atoms with Crippen molar-refractivity contribution in [3.05, 3.63) is 131 Å². The first-order valence-electron chi connectivity index (χ1n) is 16.4. The number of anilines is 1. The molecule has 0 saturated carbocycles.